The highest BCUT2D eigenvalue weighted by Crippen LogP contribution is 2.24. The quantitative estimate of drug-likeness (QED) is 0.770. The largest absolute Gasteiger partial charge is 0.469 e. The number of nitrogens with zero attached hydrogens (tertiary/aromatic N) is 1. The standard InChI is InChI=1S/C19H24FN3O2S.C2H6/c1-26-16-5-3-2-4-15(11-16)25-19-17(10-13(20)12-22-19)18(24)23-14-6-8-21-9-7-14;1-2/h3,5,10-12,14-15,21H,2,4,6-9H2,1H3,(H,23,24);1-2H3. The van der Waals surface area contributed by atoms with Crippen LogP contribution in [-0.4, -0.2) is 42.4 Å². The number of piperidine rings is 1. The van der Waals surface area contributed by atoms with E-state index in [1.165, 1.54) is 6.07 Å². The molecule has 0 radical (unpaired) electrons. The van der Waals surface area contributed by atoms with E-state index in [0.29, 0.717) is 0 Å². The lowest BCUT2D eigenvalue weighted by molar-refractivity contribution is 0.0921. The molecule has 1 aliphatic carbocycles. The number of ether oxygens (including phenoxy) is 1. The van der Waals surface area contributed by atoms with Crippen LogP contribution in [0.1, 0.15) is 49.9 Å². The Morgan fingerprint density at radius 2 is 2.07 bits per heavy atom. The van der Waals surface area contributed by atoms with E-state index in [4.69, 9.17) is 4.74 Å². The smallest absolute Gasteiger partial charge is 0.257 e. The fraction of sp³-hybridized carbons (Fsp3) is 0.524. The zero-order chi connectivity index (χ0) is 20.4. The summed E-state index contributed by atoms with van der Waals surface area (Å²) in [4.78, 5) is 17.8. The van der Waals surface area contributed by atoms with Gasteiger partial charge in [-0.15, -0.1) is 11.8 Å². The van der Waals surface area contributed by atoms with E-state index in [9.17, 15) is 9.18 Å². The van der Waals surface area contributed by atoms with Crippen LogP contribution < -0.4 is 15.4 Å². The van der Waals surface area contributed by atoms with Crippen LogP contribution in [0.15, 0.2) is 35.4 Å². The Labute approximate surface area is 171 Å². The minimum atomic E-state index is -0.546. The van der Waals surface area contributed by atoms with Gasteiger partial charge in [0.1, 0.15) is 17.5 Å². The predicted octanol–water partition coefficient (Wildman–Crippen LogP) is 4.07. The van der Waals surface area contributed by atoms with Crippen molar-refractivity contribution in [1.82, 2.24) is 15.6 Å². The number of allylic oxidation sites excluding steroid dienone is 2. The van der Waals surface area contributed by atoms with E-state index in [2.05, 4.69) is 27.8 Å². The van der Waals surface area contributed by atoms with Gasteiger partial charge < -0.3 is 15.4 Å². The van der Waals surface area contributed by atoms with Crippen molar-refractivity contribution in [2.24, 2.45) is 0 Å². The van der Waals surface area contributed by atoms with Crippen LogP contribution in [0.3, 0.4) is 0 Å². The molecule has 1 atom stereocenters. The highest BCUT2D eigenvalue weighted by molar-refractivity contribution is 8.02. The van der Waals surface area contributed by atoms with Crippen LogP contribution >= 0.6 is 11.8 Å². The van der Waals surface area contributed by atoms with E-state index >= 15 is 0 Å². The van der Waals surface area contributed by atoms with Gasteiger partial charge >= 0.3 is 0 Å². The Morgan fingerprint density at radius 3 is 2.79 bits per heavy atom. The minimum absolute atomic E-state index is 0.0879. The number of nitrogens with one attached hydrogen (secondary N) is 2. The molecule has 2 N–H and O–H groups in total. The average Bonchev–Trinajstić information content (AvgIpc) is 2.96. The van der Waals surface area contributed by atoms with E-state index in [1.807, 2.05) is 26.2 Å². The Kier molecular flexibility index (Phi) is 9.50. The number of aromatic nitrogens is 1. The maximum atomic E-state index is 13.7. The number of pyridine rings is 1. The Bertz CT molecular complexity index is 703. The number of hydrogen-bond donors (Lipinski definition) is 2. The van der Waals surface area contributed by atoms with Gasteiger partial charge in [-0.1, -0.05) is 26.0 Å². The van der Waals surface area contributed by atoms with Crippen molar-refractivity contribution >= 4 is 17.7 Å². The average molecular weight is 408 g/mol. The monoisotopic (exact) mass is 407 g/mol. The SMILES string of the molecule is CC.CSC1=CC(Oc2ncc(F)cc2C(=O)NC2CCNCC2)CCC=C1. The Morgan fingerprint density at radius 1 is 1.32 bits per heavy atom. The fourth-order valence-corrected chi connectivity index (χ4v) is 3.59. The Balaban J connectivity index is 0.00000136. The maximum absolute atomic E-state index is 13.7. The molecule has 28 heavy (non-hydrogen) atoms. The second-order valence-electron chi connectivity index (χ2n) is 6.41. The number of amides is 1. The van der Waals surface area contributed by atoms with Gasteiger partial charge in [-0.2, -0.15) is 0 Å². The van der Waals surface area contributed by atoms with E-state index in [0.717, 1.165) is 49.9 Å². The summed E-state index contributed by atoms with van der Waals surface area (Å²) in [5.41, 5.74) is 0.153. The zero-order valence-electron chi connectivity index (χ0n) is 16.8. The molecule has 2 heterocycles. The second-order valence-corrected chi connectivity index (χ2v) is 7.29. The van der Waals surface area contributed by atoms with Crippen molar-refractivity contribution in [3.05, 3.63) is 46.8 Å². The molecule has 1 aliphatic heterocycles. The zero-order valence-corrected chi connectivity index (χ0v) is 17.7. The highest BCUT2D eigenvalue weighted by Gasteiger charge is 2.22. The summed E-state index contributed by atoms with van der Waals surface area (Å²) in [6, 6.07) is 1.29. The first-order valence-electron chi connectivity index (χ1n) is 9.92. The lowest BCUT2D eigenvalue weighted by atomic mass is 10.1. The molecule has 0 bridgehead atoms. The van der Waals surface area contributed by atoms with Gasteiger partial charge in [-0.3, -0.25) is 4.79 Å². The Hall–Kier alpha value is -1.86. The van der Waals surface area contributed by atoms with Crippen molar-refractivity contribution in [2.45, 2.75) is 51.7 Å². The number of thioether (sulfide) groups is 1. The first kappa shape index (κ1) is 22.4. The molecule has 0 saturated carbocycles. The molecule has 7 heteroatoms. The first-order chi connectivity index (χ1) is 13.7. The third-order valence-electron chi connectivity index (χ3n) is 4.49. The minimum Gasteiger partial charge on any atom is -0.469 e. The molecule has 3 rings (SSSR count). The molecular formula is C21H30FN3O2S. The second kappa shape index (κ2) is 11.9. The number of hydrogen-bond acceptors (Lipinski definition) is 5. The normalized spacial score (nSPS) is 19.7. The van der Waals surface area contributed by atoms with Gasteiger partial charge in [-0.05, 0) is 57.2 Å². The number of carbonyl (C=O) groups excluding carboxylic acids is 1. The molecular weight excluding hydrogens is 377 g/mol. The lowest BCUT2D eigenvalue weighted by Crippen LogP contribution is -2.42. The van der Waals surface area contributed by atoms with Crippen LogP contribution in [-0.2, 0) is 0 Å². The molecule has 154 valence electrons. The molecule has 1 saturated heterocycles. The molecule has 1 aromatic heterocycles. The molecule has 0 spiro atoms. The van der Waals surface area contributed by atoms with E-state index < -0.39 is 5.82 Å². The summed E-state index contributed by atoms with van der Waals surface area (Å²) in [6.45, 7) is 5.74. The molecule has 5 nitrogen and oxygen atoms in total. The summed E-state index contributed by atoms with van der Waals surface area (Å²) in [6.07, 6.45) is 12.5. The molecule has 1 fully saturated rings. The van der Waals surface area contributed by atoms with Crippen molar-refractivity contribution in [2.75, 3.05) is 19.3 Å². The van der Waals surface area contributed by atoms with Gasteiger partial charge in [0, 0.05) is 10.9 Å². The number of carbonyl (C=O) groups is 1. The van der Waals surface area contributed by atoms with Crippen molar-refractivity contribution in [3.63, 3.8) is 0 Å². The molecule has 1 aromatic rings. The summed E-state index contributed by atoms with van der Waals surface area (Å²) >= 11 is 1.64. The van der Waals surface area contributed by atoms with Gasteiger partial charge in [0.25, 0.3) is 5.91 Å². The van der Waals surface area contributed by atoms with Crippen LogP contribution in [0.2, 0.25) is 0 Å². The van der Waals surface area contributed by atoms with E-state index in [1.54, 1.807) is 11.8 Å². The number of rotatable bonds is 5. The topological polar surface area (TPSA) is 63.2 Å². The number of halogens is 1. The van der Waals surface area contributed by atoms with Gasteiger partial charge in [-0.25, -0.2) is 9.37 Å². The molecule has 2 aliphatic rings. The summed E-state index contributed by atoms with van der Waals surface area (Å²) in [5.74, 6) is -0.697. The highest BCUT2D eigenvalue weighted by atomic mass is 32.2. The predicted molar refractivity (Wildman–Crippen MR) is 113 cm³/mol. The van der Waals surface area contributed by atoms with Crippen LogP contribution in [0.4, 0.5) is 4.39 Å². The first-order valence-corrected chi connectivity index (χ1v) is 11.1. The summed E-state index contributed by atoms with van der Waals surface area (Å²) < 4.78 is 19.7. The van der Waals surface area contributed by atoms with E-state index in [-0.39, 0.29) is 29.5 Å². The van der Waals surface area contributed by atoms with Crippen LogP contribution in [0, 0.1) is 5.82 Å². The molecule has 0 aromatic carbocycles. The lowest BCUT2D eigenvalue weighted by Gasteiger charge is -2.24. The van der Waals surface area contributed by atoms with Crippen LogP contribution in [0.5, 0.6) is 5.88 Å². The molecule has 1 unspecified atom stereocenters. The summed E-state index contributed by atoms with van der Waals surface area (Å²) in [5, 5.41) is 6.23. The van der Waals surface area contributed by atoms with Crippen molar-refractivity contribution in [1.29, 1.82) is 0 Å². The van der Waals surface area contributed by atoms with Gasteiger partial charge in [0.05, 0.1) is 6.20 Å². The summed E-state index contributed by atoms with van der Waals surface area (Å²) in [7, 11) is 0. The molecule has 1 amide bonds. The van der Waals surface area contributed by atoms with Crippen LogP contribution in [0.25, 0.3) is 0 Å². The van der Waals surface area contributed by atoms with Crippen molar-refractivity contribution < 1.29 is 13.9 Å². The van der Waals surface area contributed by atoms with Gasteiger partial charge in [0.2, 0.25) is 5.88 Å². The van der Waals surface area contributed by atoms with Crippen molar-refractivity contribution in [3.8, 4) is 5.88 Å². The fourth-order valence-electron chi connectivity index (χ4n) is 3.07. The van der Waals surface area contributed by atoms with Gasteiger partial charge in [0.15, 0.2) is 0 Å². The third kappa shape index (κ3) is 6.63. The maximum Gasteiger partial charge on any atom is 0.257 e. The third-order valence-corrected chi connectivity index (χ3v) is 5.23.